The molecule has 16 heavy (non-hydrogen) atoms. The van der Waals surface area contributed by atoms with Gasteiger partial charge in [-0.25, -0.2) is 0 Å². The van der Waals surface area contributed by atoms with Crippen LogP contribution < -0.4 is 11.1 Å². The minimum absolute atomic E-state index is 0.128. The molecule has 3 nitrogen and oxygen atoms in total. The van der Waals surface area contributed by atoms with E-state index in [-0.39, 0.29) is 5.91 Å². The van der Waals surface area contributed by atoms with Crippen molar-refractivity contribution in [3.63, 3.8) is 0 Å². The van der Waals surface area contributed by atoms with Crippen LogP contribution in [0.2, 0.25) is 0 Å². The van der Waals surface area contributed by atoms with Gasteiger partial charge in [0, 0.05) is 17.8 Å². The molecule has 0 heterocycles. The molecule has 1 amide bonds. The van der Waals surface area contributed by atoms with E-state index >= 15 is 0 Å². The average molecular weight is 244 g/mol. The van der Waals surface area contributed by atoms with Crippen LogP contribution in [0.4, 0.5) is 0 Å². The second-order valence-corrected chi connectivity index (χ2v) is 5.98. The van der Waals surface area contributed by atoms with E-state index in [0.717, 1.165) is 12.8 Å². The molecule has 3 N–H and O–H groups in total. The zero-order valence-corrected chi connectivity index (χ0v) is 11.4. The summed E-state index contributed by atoms with van der Waals surface area (Å²) in [7, 11) is 0. The van der Waals surface area contributed by atoms with Crippen LogP contribution in [0.1, 0.15) is 39.5 Å². The van der Waals surface area contributed by atoms with Crippen LogP contribution in [-0.2, 0) is 4.79 Å². The Labute approximate surface area is 103 Å². The molecule has 1 rings (SSSR count). The Morgan fingerprint density at radius 2 is 2.25 bits per heavy atom. The van der Waals surface area contributed by atoms with Crippen molar-refractivity contribution in [3.8, 4) is 0 Å². The monoisotopic (exact) mass is 244 g/mol. The van der Waals surface area contributed by atoms with Crippen LogP contribution in [0.25, 0.3) is 0 Å². The number of hydrogen-bond acceptors (Lipinski definition) is 3. The Balaban J connectivity index is 2.56. The van der Waals surface area contributed by atoms with E-state index in [1.807, 2.05) is 25.6 Å². The lowest BCUT2D eigenvalue weighted by molar-refractivity contribution is -0.130. The highest BCUT2D eigenvalue weighted by molar-refractivity contribution is 7.99. The summed E-state index contributed by atoms with van der Waals surface area (Å²) in [4.78, 5) is 12.1. The smallest absolute Gasteiger partial charge is 0.227 e. The van der Waals surface area contributed by atoms with E-state index in [1.54, 1.807) is 0 Å². The molecule has 0 aromatic heterocycles. The predicted molar refractivity (Wildman–Crippen MR) is 70.5 cm³/mol. The summed E-state index contributed by atoms with van der Waals surface area (Å²) in [5.74, 6) is 0.128. The van der Waals surface area contributed by atoms with E-state index in [2.05, 4.69) is 11.6 Å². The van der Waals surface area contributed by atoms with E-state index in [4.69, 9.17) is 5.73 Å². The van der Waals surface area contributed by atoms with Gasteiger partial charge >= 0.3 is 0 Å². The maximum Gasteiger partial charge on any atom is 0.227 e. The number of carbonyl (C=O) groups excluding carboxylic acids is 1. The SMILES string of the molecule is CCC(C)(CN)C(=O)NC1CCCC1SC. The fraction of sp³-hybridized carbons (Fsp3) is 0.917. The molecule has 0 radical (unpaired) electrons. The predicted octanol–water partition coefficient (Wildman–Crippen LogP) is 1.76. The third kappa shape index (κ3) is 2.92. The first-order chi connectivity index (χ1) is 7.57. The summed E-state index contributed by atoms with van der Waals surface area (Å²) in [5.41, 5.74) is 5.30. The van der Waals surface area contributed by atoms with Crippen LogP contribution in [0.15, 0.2) is 0 Å². The number of nitrogens with one attached hydrogen (secondary N) is 1. The van der Waals surface area contributed by atoms with Crippen LogP contribution in [0.3, 0.4) is 0 Å². The molecule has 1 fully saturated rings. The highest BCUT2D eigenvalue weighted by atomic mass is 32.2. The van der Waals surface area contributed by atoms with Crippen molar-refractivity contribution in [2.24, 2.45) is 11.1 Å². The van der Waals surface area contributed by atoms with Crippen molar-refractivity contribution in [3.05, 3.63) is 0 Å². The Bertz CT molecular complexity index is 241. The fourth-order valence-electron chi connectivity index (χ4n) is 2.11. The van der Waals surface area contributed by atoms with E-state index < -0.39 is 5.41 Å². The van der Waals surface area contributed by atoms with Crippen molar-refractivity contribution < 1.29 is 4.79 Å². The minimum Gasteiger partial charge on any atom is -0.352 e. The first-order valence-corrected chi connectivity index (χ1v) is 7.40. The van der Waals surface area contributed by atoms with Gasteiger partial charge < -0.3 is 11.1 Å². The third-order valence-corrected chi connectivity index (χ3v) is 5.02. The van der Waals surface area contributed by atoms with Crippen molar-refractivity contribution in [2.75, 3.05) is 12.8 Å². The van der Waals surface area contributed by atoms with Gasteiger partial charge in [-0.2, -0.15) is 11.8 Å². The zero-order valence-electron chi connectivity index (χ0n) is 10.6. The largest absolute Gasteiger partial charge is 0.352 e. The van der Waals surface area contributed by atoms with Crippen LogP contribution in [0.5, 0.6) is 0 Å². The zero-order chi connectivity index (χ0) is 12.2. The molecule has 3 unspecified atom stereocenters. The summed E-state index contributed by atoms with van der Waals surface area (Å²) in [6, 6.07) is 0.347. The maximum atomic E-state index is 12.1. The lowest BCUT2D eigenvalue weighted by Crippen LogP contribution is -2.49. The van der Waals surface area contributed by atoms with Gasteiger partial charge in [-0.05, 0) is 32.4 Å². The molecular formula is C12H24N2OS. The molecule has 0 saturated heterocycles. The molecule has 0 bridgehead atoms. The van der Waals surface area contributed by atoms with Crippen molar-refractivity contribution in [2.45, 2.75) is 50.8 Å². The molecule has 0 spiro atoms. The van der Waals surface area contributed by atoms with Crippen molar-refractivity contribution in [1.82, 2.24) is 5.32 Å². The summed E-state index contributed by atoms with van der Waals surface area (Å²) in [6.07, 6.45) is 6.48. The lowest BCUT2D eigenvalue weighted by Gasteiger charge is -2.29. The molecule has 0 aliphatic heterocycles. The minimum atomic E-state index is -0.397. The summed E-state index contributed by atoms with van der Waals surface area (Å²) >= 11 is 1.86. The molecule has 0 aromatic rings. The third-order valence-electron chi connectivity index (χ3n) is 3.85. The lowest BCUT2D eigenvalue weighted by atomic mass is 9.86. The Morgan fingerprint density at radius 3 is 2.75 bits per heavy atom. The van der Waals surface area contributed by atoms with Gasteiger partial charge in [0.1, 0.15) is 0 Å². The van der Waals surface area contributed by atoms with E-state index in [1.165, 1.54) is 12.8 Å². The molecular weight excluding hydrogens is 220 g/mol. The normalized spacial score (nSPS) is 28.8. The summed E-state index contributed by atoms with van der Waals surface area (Å²) in [5, 5.41) is 3.77. The van der Waals surface area contributed by atoms with Gasteiger partial charge in [0.15, 0.2) is 0 Å². The maximum absolute atomic E-state index is 12.1. The standard InChI is InChI=1S/C12H24N2OS/c1-4-12(2,8-13)11(15)14-9-6-5-7-10(9)16-3/h9-10H,4-8,13H2,1-3H3,(H,14,15). The second-order valence-electron chi connectivity index (χ2n) is 4.90. The van der Waals surface area contributed by atoms with Gasteiger partial charge in [-0.3, -0.25) is 4.79 Å². The van der Waals surface area contributed by atoms with Gasteiger partial charge in [0.25, 0.3) is 0 Å². The van der Waals surface area contributed by atoms with E-state index in [0.29, 0.717) is 17.8 Å². The Hall–Kier alpha value is -0.220. The van der Waals surface area contributed by atoms with Crippen molar-refractivity contribution >= 4 is 17.7 Å². The van der Waals surface area contributed by atoms with Gasteiger partial charge in [0.05, 0.1) is 5.41 Å². The first-order valence-electron chi connectivity index (χ1n) is 6.11. The molecule has 4 heteroatoms. The molecule has 1 saturated carbocycles. The quantitative estimate of drug-likeness (QED) is 0.775. The molecule has 1 aliphatic rings. The molecule has 1 aliphatic carbocycles. The second kappa shape index (κ2) is 5.92. The summed E-state index contributed by atoms with van der Waals surface area (Å²) < 4.78 is 0. The highest BCUT2D eigenvalue weighted by Gasteiger charge is 2.34. The number of nitrogens with two attached hydrogens (primary N) is 1. The molecule has 94 valence electrons. The fourth-order valence-corrected chi connectivity index (χ4v) is 3.05. The number of amides is 1. The first kappa shape index (κ1) is 13.8. The van der Waals surface area contributed by atoms with Gasteiger partial charge in [-0.1, -0.05) is 13.3 Å². The van der Waals surface area contributed by atoms with Gasteiger partial charge in [-0.15, -0.1) is 0 Å². The highest BCUT2D eigenvalue weighted by Crippen LogP contribution is 2.29. The van der Waals surface area contributed by atoms with Crippen molar-refractivity contribution in [1.29, 1.82) is 0 Å². The number of carbonyl (C=O) groups is 1. The van der Waals surface area contributed by atoms with Crippen LogP contribution in [0, 0.1) is 5.41 Å². The van der Waals surface area contributed by atoms with Crippen LogP contribution >= 0.6 is 11.8 Å². The Kier molecular flexibility index (Phi) is 5.12. The number of thioether (sulfide) groups is 1. The molecule has 0 aromatic carbocycles. The van der Waals surface area contributed by atoms with Crippen LogP contribution in [-0.4, -0.2) is 30.0 Å². The van der Waals surface area contributed by atoms with E-state index in [9.17, 15) is 4.79 Å². The number of rotatable bonds is 5. The topological polar surface area (TPSA) is 55.1 Å². The summed E-state index contributed by atoms with van der Waals surface area (Å²) in [6.45, 7) is 4.39. The number of hydrogen-bond donors (Lipinski definition) is 2. The molecule has 3 atom stereocenters. The average Bonchev–Trinajstić information content (AvgIpc) is 2.75. The Morgan fingerprint density at radius 1 is 1.56 bits per heavy atom. The van der Waals surface area contributed by atoms with Gasteiger partial charge in [0.2, 0.25) is 5.91 Å².